The molecule has 1 aliphatic heterocycles. The summed E-state index contributed by atoms with van der Waals surface area (Å²) in [6.45, 7) is 6.70. The van der Waals surface area contributed by atoms with Crippen LogP contribution in [-0.4, -0.2) is 35.3 Å². The molecule has 0 aliphatic carbocycles. The van der Waals surface area contributed by atoms with Gasteiger partial charge in [0.15, 0.2) is 0 Å². The van der Waals surface area contributed by atoms with E-state index in [4.69, 9.17) is 11.6 Å². The molecule has 1 aliphatic rings. The van der Waals surface area contributed by atoms with Crippen LogP contribution in [0.3, 0.4) is 0 Å². The van der Waals surface area contributed by atoms with E-state index >= 15 is 0 Å². The van der Waals surface area contributed by atoms with Crippen molar-refractivity contribution in [3.05, 3.63) is 52.8 Å². The van der Waals surface area contributed by atoms with Gasteiger partial charge in [-0.15, -0.1) is 12.4 Å². The number of hydrogen-bond donors (Lipinski definition) is 2. The fraction of sp³-hybridized carbons (Fsp3) is 0.474. The highest BCUT2D eigenvalue weighted by molar-refractivity contribution is 6.30. The van der Waals surface area contributed by atoms with Crippen molar-refractivity contribution in [2.24, 2.45) is 0 Å². The molecule has 1 fully saturated rings. The number of carbonyl (C=O) groups is 1. The van der Waals surface area contributed by atoms with Crippen LogP contribution in [0.25, 0.3) is 0 Å². The third-order valence-corrected chi connectivity index (χ3v) is 5.05. The number of aromatic nitrogens is 2. The van der Waals surface area contributed by atoms with Crippen LogP contribution in [0, 0.1) is 0 Å². The Balaban J connectivity index is 0.00000243. The van der Waals surface area contributed by atoms with Gasteiger partial charge in [0, 0.05) is 29.7 Å². The second kappa shape index (κ2) is 8.89. The molecule has 26 heavy (non-hydrogen) atoms. The summed E-state index contributed by atoms with van der Waals surface area (Å²) in [7, 11) is 0. The number of benzene rings is 1. The Labute approximate surface area is 165 Å². The van der Waals surface area contributed by atoms with Crippen LogP contribution in [0.4, 0.5) is 0 Å². The lowest BCUT2D eigenvalue weighted by Gasteiger charge is -2.25. The molecule has 3 rings (SSSR count). The van der Waals surface area contributed by atoms with Crippen LogP contribution in [0.15, 0.2) is 36.5 Å². The van der Waals surface area contributed by atoms with Crippen LogP contribution >= 0.6 is 24.0 Å². The SMILES string of the molecule is CC(C)(CNC(=O)c1ccn(C2CCCNC2)n1)c1ccc(Cl)cc1.Cl. The van der Waals surface area contributed by atoms with Gasteiger partial charge in [-0.2, -0.15) is 5.10 Å². The van der Waals surface area contributed by atoms with Crippen molar-refractivity contribution in [1.29, 1.82) is 0 Å². The van der Waals surface area contributed by atoms with Crippen LogP contribution in [-0.2, 0) is 5.41 Å². The molecule has 1 amide bonds. The zero-order valence-electron chi connectivity index (χ0n) is 15.2. The van der Waals surface area contributed by atoms with E-state index < -0.39 is 0 Å². The number of rotatable bonds is 5. The maximum Gasteiger partial charge on any atom is 0.271 e. The van der Waals surface area contributed by atoms with Gasteiger partial charge in [-0.3, -0.25) is 9.48 Å². The fourth-order valence-corrected chi connectivity index (χ4v) is 3.24. The average Bonchev–Trinajstić information content (AvgIpc) is 3.11. The van der Waals surface area contributed by atoms with Gasteiger partial charge in [0.05, 0.1) is 6.04 Å². The van der Waals surface area contributed by atoms with Crippen LogP contribution < -0.4 is 10.6 Å². The molecule has 1 aromatic carbocycles. The summed E-state index contributed by atoms with van der Waals surface area (Å²) in [6, 6.07) is 9.87. The Kier molecular flexibility index (Phi) is 7.09. The van der Waals surface area contributed by atoms with Crippen molar-refractivity contribution >= 4 is 29.9 Å². The third kappa shape index (κ3) is 5.00. The molecule has 7 heteroatoms. The minimum absolute atomic E-state index is 0. The average molecular weight is 397 g/mol. The predicted octanol–water partition coefficient (Wildman–Crippen LogP) is 3.59. The number of piperidine rings is 1. The zero-order valence-corrected chi connectivity index (χ0v) is 16.7. The topological polar surface area (TPSA) is 59.0 Å². The van der Waals surface area contributed by atoms with E-state index in [0.29, 0.717) is 23.3 Å². The van der Waals surface area contributed by atoms with Gasteiger partial charge in [0.2, 0.25) is 0 Å². The molecule has 1 aromatic heterocycles. The van der Waals surface area contributed by atoms with E-state index in [-0.39, 0.29) is 23.7 Å². The molecule has 142 valence electrons. The van der Waals surface area contributed by atoms with Gasteiger partial charge in [0.25, 0.3) is 5.91 Å². The molecular formula is C19H26Cl2N4O. The minimum Gasteiger partial charge on any atom is -0.350 e. The number of hydrogen-bond acceptors (Lipinski definition) is 3. The lowest BCUT2D eigenvalue weighted by molar-refractivity contribution is 0.0939. The summed E-state index contributed by atoms with van der Waals surface area (Å²) in [6.07, 6.45) is 4.14. The zero-order chi connectivity index (χ0) is 17.9. The maximum atomic E-state index is 12.4. The van der Waals surface area contributed by atoms with Crippen molar-refractivity contribution in [2.45, 2.75) is 38.1 Å². The normalized spacial score (nSPS) is 17.4. The van der Waals surface area contributed by atoms with Crippen molar-refractivity contribution < 1.29 is 4.79 Å². The molecule has 0 bridgehead atoms. The predicted molar refractivity (Wildman–Crippen MR) is 107 cm³/mol. The summed E-state index contributed by atoms with van der Waals surface area (Å²) >= 11 is 5.95. The standard InChI is InChI=1S/C19H25ClN4O.ClH/c1-19(2,14-5-7-15(20)8-6-14)13-22-18(25)17-9-11-24(23-17)16-4-3-10-21-12-16;/h5-9,11,16,21H,3-4,10,12-13H2,1-2H3,(H,22,25);1H. The largest absolute Gasteiger partial charge is 0.350 e. The lowest BCUT2D eigenvalue weighted by Crippen LogP contribution is -2.37. The van der Waals surface area contributed by atoms with Gasteiger partial charge in [0.1, 0.15) is 5.69 Å². The van der Waals surface area contributed by atoms with E-state index in [1.54, 1.807) is 6.07 Å². The molecule has 2 N–H and O–H groups in total. The molecule has 2 heterocycles. The Morgan fingerprint density at radius 3 is 2.73 bits per heavy atom. The summed E-state index contributed by atoms with van der Waals surface area (Å²) in [5.41, 5.74) is 1.42. The highest BCUT2D eigenvalue weighted by Gasteiger charge is 2.23. The first-order valence-corrected chi connectivity index (χ1v) is 9.14. The Morgan fingerprint density at radius 2 is 2.08 bits per heavy atom. The Morgan fingerprint density at radius 1 is 1.35 bits per heavy atom. The van der Waals surface area contributed by atoms with Crippen LogP contribution in [0.1, 0.15) is 48.8 Å². The monoisotopic (exact) mass is 396 g/mol. The van der Waals surface area contributed by atoms with Crippen molar-refractivity contribution in [3.8, 4) is 0 Å². The second-order valence-electron chi connectivity index (χ2n) is 7.25. The number of amides is 1. The summed E-state index contributed by atoms with van der Waals surface area (Å²) in [5, 5.41) is 11.6. The molecule has 1 saturated heterocycles. The van der Waals surface area contributed by atoms with Crippen LogP contribution in [0.2, 0.25) is 5.02 Å². The van der Waals surface area contributed by atoms with E-state index in [9.17, 15) is 4.79 Å². The summed E-state index contributed by atoms with van der Waals surface area (Å²) in [4.78, 5) is 12.4. The van der Waals surface area contributed by atoms with Gasteiger partial charge in [-0.1, -0.05) is 37.6 Å². The highest BCUT2D eigenvalue weighted by atomic mass is 35.5. The van der Waals surface area contributed by atoms with Gasteiger partial charge in [-0.05, 0) is 43.1 Å². The first-order valence-electron chi connectivity index (χ1n) is 8.76. The number of nitrogens with zero attached hydrogens (tertiary/aromatic N) is 2. The lowest BCUT2D eigenvalue weighted by atomic mass is 9.84. The molecule has 1 unspecified atom stereocenters. The molecule has 5 nitrogen and oxygen atoms in total. The number of nitrogens with one attached hydrogen (secondary N) is 2. The van der Waals surface area contributed by atoms with Crippen molar-refractivity contribution in [1.82, 2.24) is 20.4 Å². The van der Waals surface area contributed by atoms with Crippen molar-refractivity contribution in [2.75, 3.05) is 19.6 Å². The molecule has 0 spiro atoms. The second-order valence-corrected chi connectivity index (χ2v) is 7.69. The fourth-order valence-electron chi connectivity index (χ4n) is 3.12. The molecule has 2 aromatic rings. The Bertz CT molecular complexity index is 721. The minimum atomic E-state index is -0.184. The van der Waals surface area contributed by atoms with E-state index in [2.05, 4.69) is 29.6 Å². The highest BCUT2D eigenvalue weighted by Crippen LogP contribution is 2.24. The molecular weight excluding hydrogens is 371 g/mol. The van der Waals surface area contributed by atoms with Crippen LogP contribution in [0.5, 0.6) is 0 Å². The summed E-state index contributed by atoms with van der Waals surface area (Å²) in [5.74, 6) is -0.135. The number of carbonyl (C=O) groups excluding carboxylic acids is 1. The van der Waals surface area contributed by atoms with Gasteiger partial charge in [-0.25, -0.2) is 0 Å². The van der Waals surface area contributed by atoms with E-state index in [1.165, 1.54) is 0 Å². The van der Waals surface area contributed by atoms with E-state index in [0.717, 1.165) is 31.5 Å². The quantitative estimate of drug-likeness (QED) is 0.811. The van der Waals surface area contributed by atoms with E-state index in [1.807, 2.05) is 35.1 Å². The van der Waals surface area contributed by atoms with Gasteiger partial charge >= 0.3 is 0 Å². The molecule has 0 radical (unpaired) electrons. The molecule has 0 saturated carbocycles. The molecule has 1 atom stereocenters. The first-order chi connectivity index (χ1) is 12.0. The smallest absolute Gasteiger partial charge is 0.271 e. The summed E-state index contributed by atoms with van der Waals surface area (Å²) < 4.78 is 1.91. The first kappa shape index (κ1) is 20.7. The number of halogens is 2. The van der Waals surface area contributed by atoms with Gasteiger partial charge < -0.3 is 10.6 Å². The maximum absolute atomic E-state index is 12.4. The Hall–Kier alpha value is -1.56. The third-order valence-electron chi connectivity index (χ3n) is 4.80. The van der Waals surface area contributed by atoms with Crippen molar-refractivity contribution in [3.63, 3.8) is 0 Å².